The molecule has 110 valence electrons. The average Bonchev–Trinajstić information content (AvgIpc) is 2.61. The van der Waals surface area contributed by atoms with E-state index < -0.39 is 0 Å². The molecule has 0 spiro atoms. The molecule has 2 unspecified atom stereocenters. The van der Waals surface area contributed by atoms with Gasteiger partial charge in [0.25, 0.3) is 0 Å². The molecule has 3 rings (SSSR count). The van der Waals surface area contributed by atoms with Crippen LogP contribution in [0.25, 0.3) is 0 Å². The van der Waals surface area contributed by atoms with Gasteiger partial charge in [0.1, 0.15) is 0 Å². The van der Waals surface area contributed by atoms with Crippen LogP contribution in [0.5, 0.6) is 0 Å². The third kappa shape index (κ3) is 2.71. The molecule has 2 heteroatoms. The van der Waals surface area contributed by atoms with Gasteiger partial charge in [-0.2, -0.15) is 0 Å². The summed E-state index contributed by atoms with van der Waals surface area (Å²) < 4.78 is 0. The summed E-state index contributed by atoms with van der Waals surface area (Å²) in [6.45, 7) is 7.25. The van der Waals surface area contributed by atoms with Crippen molar-refractivity contribution in [2.24, 2.45) is 17.1 Å². The zero-order valence-electron chi connectivity index (χ0n) is 13.1. The topological polar surface area (TPSA) is 29.3 Å². The summed E-state index contributed by atoms with van der Waals surface area (Å²) in [6.07, 6.45) is 11.1. The van der Waals surface area contributed by atoms with E-state index in [0.29, 0.717) is 11.5 Å². The molecule has 2 saturated heterocycles. The van der Waals surface area contributed by atoms with Crippen molar-refractivity contribution in [3.8, 4) is 0 Å². The van der Waals surface area contributed by atoms with E-state index in [2.05, 4.69) is 25.7 Å². The third-order valence-corrected chi connectivity index (χ3v) is 6.17. The van der Waals surface area contributed by atoms with Crippen molar-refractivity contribution >= 4 is 0 Å². The maximum atomic E-state index is 6.20. The van der Waals surface area contributed by atoms with Crippen LogP contribution in [0, 0.1) is 11.3 Å². The van der Waals surface area contributed by atoms with Crippen LogP contribution in [0.3, 0.4) is 0 Å². The van der Waals surface area contributed by atoms with E-state index in [4.69, 9.17) is 5.73 Å². The van der Waals surface area contributed by atoms with E-state index in [-0.39, 0.29) is 0 Å². The molecule has 0 aromatic carbocycles. The number of fused-ring (bicyclic) bond motifs is 2. The first-order valence-electron chi connectivity index (χ1n) is 8.48. The fourth-order valence-electron chi connectivity index (χ4n) is 5.09. The number of hydrogen-bond donors (Lipinski definition) is 1. The van der Waals surface area contributed by atoms with Crippen molar-refractivity contribution in [3.05, 3.63) is 0 Å². The van der Waals surface area contributed by atoms with Crippen LogP contribution in [-0.4, -0.2) is 29.1 Å². The quantitative estimate of drug-likeness (QED) is 0.785. The second-order valence-electron chi connectivity index (χ2n) is 8.44. The van der Waals surface area contributed by atoms with E-state index in [1.54, 1.807) is 0 Å². The van der Waals surface area contributed by atoms with Crippen LogP contribution < -0.4 is 5.73 Å². The van der Waals surface area contributed by atoms with Gasteiger partial charge in [-0.25, -0.2) is 0 Å². The van der Waals surface area contributed by atoms with Crippen LogP contribution in [0.2, 0.25) is 0 Å². The molecule has 0 aromatic rings. The Kier molecular flexibility index (Phi) is 3.68. The lowest BCUT2D eigenvalue weighted by atomic mass is 9.71. The highest BCUT2D eigenvalue weighted by molar-refractivity contribution is 5.00. The van der Waals surface area contributed by atoms with Crippen LogP contribution in [0.15, 0.2) is 0 Å². The third-order valence-electron chi connectivity index (χ3n) is 6.17. The monoisotopic (exact) mass is 264 g/mol. The molecule has 19 heavy (non-hydrogen) atoms. The minimum atomic E-state index is 0.486. The summed E-state index contributed by atoms with van der Waals surface area (Å²) in [6, 6.07) is 3.01. The summed E-state index contributed by atoms with van der Waals surface area (Å²) in [5.74, 6) is 0.938. The Labute approximate surface area is 119 Å². The zero-order chi connectivity index (χ0) is 13.6. The first kappa shape index (κ1) is 13.9. The molecule has 0 amide bonds. The van der Waals surface area contributed by atoms with Crippen molar-refractivity contribution in [1.29, 1.82) is 0 Å². The molecule has 1 saturated carbocycles. The van der Waals surface area contributed by atoms with E-state index in [1.807, 2.05) is 0 Å². The molecule has 2 atom stereocenters. The number of piperidine rings is 1. The molecular formula is C17H32N2. The molecule has 1 aliphatic carbocycles. The Balaban J connectivity index is 1.60. The largest absolute Gasteiger partial charge is 0.328 e. The fraction of sp³-hybridized carbons (Fsp3) is 1.00. The Morgan fingerprint density at radius 2 is 1.26 bits per heavy atom. The predicted molar refractivity (Wildman–Crippen MR) is 81.1 cm³/mol. The maximum Gasteiger partial charge on any atom is 0.0116 e. The van der Waals surface area contributed by atoms with E-state index >= 15 is 0 Å². The molecular weight excluding hydrogens is 232 g/mol. The zero-order valence-corrected chi connectivity index (χ0v) is 13.1. The van der Waals surface area contributed by atoms with Crippen LogP contribution in [0.1, 0.15) is 72.1 Å². The van der Waals surface area contributed by atoms with Crippen molar-refractivity contribution in [2.45, 2.75) is 96.3 Å². The van der Waals surface area contributed by atoms with E-state index in [9.17, 15) is 0 Å². The smallest absolute Gasteiger partial charge is 0.0116 e. The highest BCUT2D eigenvalue weighted by Crippen LogP contribution is 2.44. The number of rotatable bonds is 1. The van der Waals surface area contributed by atoms with Gasteiger partial charge < -0.3 is 5.73 Å². The standard InChI is InChI=1S/C17H32N2/c1-17(2,3)12-4-6-14(7-5-12)19-15-8-9-16(19)11-13(18)10-15/h12-16H,4-11,18H2,1-3H3. The van der Waals surface area contributed by atoms with Crippen molar-refractivity contribution in [1.82, 2.24) is 4.90 Å². The first-order valence-corrected chi connectivity index (χ1v) is 8.48. The maximum absolute atomic E-state index is 6.20. The lowest BCUT2D eigenvalue weighted by molar-refractivity contribution is 0.0344. The molecule has 3 fully saturated rings. The first-order chi connectivity index (χ1) is 8.95. The van der Waals surface area contributed by atoms with Gasteiger partial charge in [-0.05, 0) is 62.7 Å². The Morgan fingerprint density at radius 1 is 0.789 bits per heavy atom. The highest BCUT2D eigenvalue weighted by atomic mass is 15.3. The van der Waals surface area contributed by atoms with Gasteiger partial charge in [0.15, 0.2) is 0 Å². The summed E-state index contributed by atoms with van der Waals surface area (Å²) >= 11 is 0. The van der Waals surface area contributed by atoms with Gasteiger partial charge in [-0.3, -0.25) is 4.90 Å². The molecule has 2 bridgehead atoms. The Hall–Kier alpha value is -0.0800. The van der Waals surface area contributed by atoms with Gasteiger partial charge in [0.2, 0.25) is 0 Å². The summed E-state index contributed by atoms with van der Waals surface area (Å²) in [7, 11) is 0. The number of nitrogens with two attached hydrogens (primary N) is 1. The predicted octanol–water partition coefficient (Wildman–Crippen LogP) is 3.55. The van der Waals surface area contributed by atoms with Crippen LogP contribution >= 0.6 is 0 Å². The van der Waals surface area contributed by atoms with E-state index in [1.165, 1.54) is 51.4 Å². The number of hydrogen-bond acceptors (Lipinski definition) is 2. The molecule has 3 aliphatic rings. The second-order valence-corrected chi connectivity index (χ2v) is 8.44. The molecule has 2 aliphatic heterocycles. The van der Waals surface area contributed by atoms with Gasteiger partial charge in [-0.1, -0.05) is 20.8 Å². The molecule has 0 aromatic heterocycles. The average molecular weight is 264 g/mol. The minimum Gasteiger partial charge on any atom is -0.328 e. The summed E-state index contributed by atoms with van der Waals surface area (Å²) in [5.41, 5.74) is 6.71. The Morgan fingerprint density at radius 3 is 1.74 bits per heavy atom. The Bertz CT molecular complexity index is 298. The summed E-state index contributed by atoms with van der Waals surface area (Å²) in [5, 5.41) is 0. The lowest BCUT2D eigenvalue weighted by Crippen LogP contribution is -2.53. The normalized spacial score (nSPS) is 44.5. The van der Waals surface area contributed by atoms with Gasteiger partial charge >= 0.3 is 0 Å². The molecule has 2 heterocycles. The van der Waals surface area contributed by atoms with Gasteiger partial charge in [0, 0.05) is 24.2 Å². The fourth-order valence-corrected chi connectivity index (χ4v) is 5.09. The SMILES string of the molecule is CC(C)(C)C1CCC(N2C3CCC2CC(N)C3)CC1. The van der Waals surface area contributed by atoms with E-state index in [0.717, 1.165) is 24.0 Å². The molecule has 2 nitrogen and oxygen atoms in total. The van der Waals surface area contributed by atoms with Crippen molar-refractivity contribution in [2.75, 3.05) is 0 Å². The van der Waals surface area contributed by atoms with Crippen LogP contribution in [-0.2, 0) is 0 Å². The number of nitrogens with zero attached hydrogens (tertiary/aromatic N) is 1. The van der Waals surface area contributed by atoms with Gasteiger partial charge in [-0.15, -0.1) is 0 Å². The lowest BCUT2D eigenvalue weighted by Gasteiger charge is -2.46. The second kappa shape index (κ2) is 5.04. The van der Waals surface area contributed by atoms with Crippen molar-refractivity contribution < 1.29 is 0 Å². The molecule has 0 radical (unpaired) electrons. The minimum absolute atomic E-state index is 0.486. The highest BCUT2D eigenvalue weighted by Gasteiger charge is 2.44. The summed E-state index contributed by atoms with van der Waals surface area (Å²) in [4.78, 5) is 2.90. The van der Waals surface area contributed by atoms with Crippen LogP contribution in [0.4, 0.5) is 0 Å². The molecule has 2 N–H and O–H groups in total. The van der Waals surface area contributed by atoms with Crippen molar-refractivity contribution in [3.63, 3.8) is 0 Å². The van der Waals surface area contributed by atoms with Gasteiger partial charge in [0.05, 0.1) is 0 Å².